The lowest BCUT2D eigenvalue weighted by atomic mass is 10.1. The first-order chi connectivity index (χ1) is 5.88. The number of nitrogens with one attached hydrogen (secondary N) is 1. The first kappa shape index (κ1) is 8.19. The second kappa shape index (κ2) is 3.53. The molecule has 0 saturated carbocycles. The molecule has 0 bridgehead atoms. The van der Waals surface area contributed by atoms with E-state index in [9.17, 15) is 0 Å². The molecule has 0 amide bonds. The summed E-state index contributed by atoms with van der Waals surface area (Å²) in [6.07, 6.45) is 4.02. The van der Waals surface area contributed by atoms with Crippen molar-refractivity contribution < 1.29 is 0 Å². The summed E-state index contributed by atoms with van der Waals surface area (Å²) in [7, 11) is 0. The normalized spacial score (nSPS) is 19.8. The maximum Gasteiger partial charge on any atom is 0.124 e. The Morgan fingerprint density at radius 1 is 1.50 bits per heavy atom. The predicted molar refractivity (Wildman–Crippen MR) is 48.9 cm³/mol. The minimum atomic E-state index is 0.517. The molecule has 2 rings (SSSR count). The third-order valence-corrected chi connectivity index (χ3v) is 2.75. The van der Waals surface area contributed by atoms with E-state index in [0.29, 0.717) is 6.04 Å². The predicted octanol–water partition coefficient (Wildman–Crippen LogP) is 0.965. The van der Waals surface area contributed by atoms with Gasteiger partial charge in [0.15, 0.2) is 0 Å². The van der Waals surface area contributed by atoms with Gasteiger partial charge in [-0.3, -0.25) is 0 Å². The van der Waals surface area contributed by atoms with Crippen LogP contribution in [-0.4, -0.2) is 28.1 Å². The molecular formula is C7H11BrN4. The van der Waals surface area contributed by atoms with Crippen LogP contribution < -0.4 is 5.32 Å². The SMILES string of the molecule is Brc1cnnn1C1CCNCC1. The van der Waals surface area contributed by atoms with Gasteiger partial charge < -0.3 is 5.32 Å². The van der Waals surface area contributed by atoms with Crippen molar-refractivity contribution in [2.75, 3.05) is 13.1 Å². The lowest BCUT2D eigenvalue weighted by Gasteiger charge is -2.22. The monoisotopic (exact) mass is 230 g/mol. The maximum absolute atomic E-state index is 4.03. The van der Waals surface area contributed by atoms with E-state index in [1.807, 2.05) is 4.68 Å². The molecule has 0 atom stereocenters. The van der Waals surface area contributed by atoms with Gasteiger partial charge >= 0.3 is 0 Å². The largest absolute Gasteiger partial charge is 0.317 e. The zero-order valence-electron chi connectivity index (χ0n) is 6.70. The van der Waals surface area contributed by atoms with Crippen LogP contribution in [0.4, 0.5) is 0 Å². The van der Waals surface area contributed by atoms with Crippen LogP contribution in [0.15, 0.2) is 10.8 Å². The van der Waals surface area contributed by atoms with Gasteiger partial charge in [-0.25, -0.2) is 4.68 Å². The molecule has 66 valence electrons. The molecule has 1 saturated heterocycles. The summed E-state index contributed by atoms with van der Waals surface area (Å²) < 4.78 is 2.94. The smallest absolute Gasteiger partial charge is 0.124 e. The number of hydrogen-bond donors (Lipinski definition) is 1. The van der Waals surface area contributed by atoms with E-state index in [-0.39, 0.29) is 0 Å². The molecular weight excluding hydrogens is 220 g/mol. The highest BCUT2D eigenvalue weighted by Crippen LogP contribution is 2.21. The van der Waals surface area contributed by atoms with Crippen molar-refractivity contribution in [2.24, 2.45) is 0 Å². The molecule has 5 heteroatoms. The zero-order valence-corrected chi connectivity index (χ0v) is 8.29. The summed E-state index contributed by atoms with van der Waals surface area (Å²) in [6, 6.07) is 0.517. The average molecular weight is 231 g/mol. The lowest BCUT2D eigenvalue weighted by molar-refractivity contribution is 0.333. The molecule has 0 aliphatic carbocycles. The number of halogens is 1. The lowest BCUT2D eigenvalue weighted by Crippen LogP contribution is -2.30. The van der Waals surface area contributed by atoms with E-state index in [1.165, 1.54) is 0 Å². The number of nitrogens with zero attached hydrogens (tertiary/aromatic N) is 3. The Kier molecular flexibility index (Phi) is 2.41. The minimum Gasteiger partial charge on any atom is -0.317 e. The Morgan fingerprint density at radius 3 is 2.83 bits per heavy atom. The molecule has 0 radical (unpaired) electrons. The van der Waals surface area contributed by atoms with Gasteiger partial charge in [-0.1, -0.05) is 5.21 Å². The molecule has 1 aliphatic rings. The topological polar surface area (TPSA) is 42.7 Å². The van der Waals surface area contributed by atoms with E-state index < -0.39 is 0 Å². The summed E-state index contributed by atoms with van der Waals surface area (Å²) in [6.45, 7) is 2.16. The first-order valence-corrected chi connectivity index (χ1v) is 4.93. The van der Waals surface area contributed by atoms with Crippen molar-refractivity contribution >= 4 is 15.9 Å². The third kappa shape index (κ3) is 1.51. The Hall–Kier alpha value is -0.420. The highest BCUT2D eigenvalue weighted by molar-refractivity contribution is 9.10. The van der Waals surface area contributed by atoms with Crippen molar-refractivity contribution in [3.63, 3.8) is 0 Å². The Bertz CT molecular complexity index is 254. The van der Waals surface area contributed by atoms with Crippen LogP contribution in [0, 0.1) is 0 Å². The van der Waals surface area contributed by atoms with Gasteiger partial charge in [0, 0.05) is 0 Å². The van der Waals surface area contributed by atoms with Crippen LogP contribution >= 0.6 is 15.9 Å². The molecule has 12 heavy (non-hydrogen) atoms. The second-order valence-electron chi connectivity index (χ2n) is 2.98. The molecule has 1 aliphatic heterocycles. The second-order valence-corrected chi connectivity index (χ2v) is 3.79. The minimum absolute atomic E-state index is 0.517. The van der Waals surface area contributed by atoms with E-state index in [4.69, 9.17) is 0 Å². The molecule has 1 aromatic heterocycles. The van der Waals surface area contributed by atoms with Gasteiger partial charge in [0.25, 0.3) is 0 Å². The number of hydrogen-bond acceptors (Lipinski definition) is 3. The van der Waals surface area contributed by atoms with Gasteiger partial charge in [-0.2, -0.15) is 0 Å². The van der Waals surface area contributed by atoms with Gasteiger partial charge in [0.1, 0.15) is 4.60 Å². The quantitative estimate of drug-likeness (QED) is 0.782. The van der Waals surface area contributed by atoms with Crippen molar-refractivity contribution in [1.82, 2.24) is 20.3 Å². The standard InChI is InChI=1S/C7H11BrN4/c8-7-5-10-11-12(7)6-1-3-9-4-2-6/h5-6,9H,1-4H2. The third-order valence-electron chi connectivity index (χ3n) is 2.19. The van der Waals surface area contributed by atoms with Crippen LogP contribution in [0.25, 0.3) is 0 Å². The molecule has 0 unspecified atom stereocenters. The molecule has 1 aromatic rings. The highest BCUT2D eigenvalue weighted by atomic mass is 79.9. The van der Waals surface area contributed by atoms with E-state index in [2.05, 4.69) is 31.6 Å². The summed E-state index contributed by atoms with van der Waals surface area (Å²) in [5.74, 6) is 0. The van der Waals surface area contributed by atoms with Gasteiger partial charge in [0.2, 0.25) is 0 Å². The zero-order chi connectivity index (χ0) is 8.39. The van der Waals surface area contributed by atoms with Crippen molar-refractivity contribution in [2.45, 2.75) is 18.9 Å². The summed E-state index contributed by atoms with van der Waals surface area (Å²) in [5, 5.41) is 11.2. The molecule has 4 nitrogen and oxygen atoms in total. The highest BCUT2D eigenvalue weighted by Gasteiger charge is 2.17. The Balaban J connectivity index is 2.13. The number of rotatable bonds is 1. The molecule has 1 N–H and O–H groups in total. The maximum atomic E-state index is 4.03. The van der Waals surface area contributed by atoms with Crippen molar-refractivity contribution in [3.8, 4) is 0 Å². The molecule has 1 fully saturated rings. The fraction of sp³-hybridized carbons (Fsp3) is 0.714. The van der Waals surface area contributed by atoms with E-state index in [1.54, 1.807) is 6.20 Å². The molecule has 0 aromatic carbocycles. The number of aromatic nitrogens is 3. The van der Waals surface area contributed by atoms with Gasteiger partial charge in [-0.15, -0.1) is 5.10 Å². The van der Waals surface area contributed by atoms with Crippen molar-refractivity contribution in [3.05, 3.63) is 10.8 Å². The van der Waals surface area contributed by atoms with Gasteiger partial charge in [0.05, 0.1) is 12.2 Å². The van der Waals surface area contributed by atoms with Crippen LogP contribution in [0.5, 0.6) is 0 Å². The average Bonchev–Trinajstić information content (AvgIpc) is 2.53. The van der Waals surface area contributed by atoms with E-state index in [0.717, 1.165) is 30.5 Å². The summed E-state index contributed by atoms with van der Waals surface area (Å²) in [5.41, 5.74) is 0. The Labute approximate surface area is 79.5 Å². The first-order valence-electron chi connectivity index (χ1n) is 4.14. The van der Waals surface area contributed by atoms with Crippen LogP contribution in [-0.2, 0) is 0 Å². The number of piperidine rings is 1. The fourth-order valence-corrected chi connectivity index (χ4v) is 1.98. The fourth-order valence-electron chi connectivity index (χ4n) is 1.53. The van der Waals surface area contributed by atoms with Crippen molar-refractivity contribution in [1.29, 1.82) is 0 Å². The van der Waals surface area contributed by atoms with Crippen LogP contribution in [0.3, 0.4) is 0 Å². The van der Waals surface area contributed by atoms with Crippen LogP contribution in [0.2, 0.25) is 0 Å². The Morgan fingerprint density at radius 2 is 2.25 bits per heavy atom. The summed E-state index contributed by atoms with van der Waals surface area (Å²) in [4.78, 5) is 0. The van der Waals surface area contributed by atoms with Gasteiger partial charge in [-0.05, 0) is 41.9 Å². The van der Waals surface area contributed by atoms with E-state index >= 15 is 0 Å². The molecule has 2 heterocycles. The summed E-state index contributed by atoms with van der Waals surface area (Å²) >= 11 is 3.42. The molecule has 0 spiro atoms. The van der Waals surface area contributed by atoms with Crippen LogP contribution in [0.1, 0.15) is 18.9 Å².